The largest absolute Gasteiger partial charge is 0.494 e. The zero-order valence-corrected chi connectivity index (χ0v) is 16.9. The van der Waals surface area contributed by atoms with Crippen LogP contribution in [-0.2, 0) is 11.3 Å². The minimum absolute atomic E-state index is 0.168. The minimum Gasteiger partial charge on any atom is -0.494 e. The number of carbonyl (C=O) groups excluding carboxylic acids is 1. The summed E-state index contributed by atoms with van der Waals surface area (Å²) in [7, 11) is 1.43. The number of nitrogens with zero attached hydrogens (tertiary/aromatic N) is 1. The number of ether oxygens (including phenoxy) is 2. The van der Waals surface area contributed by atoms with E-state index in [1.165, 1.54) is 13.2 Å². The van der Waals surface area contributed by atoms with Crippen molar-refractivity contribution in [2.24, 2.45) is 10.7 Å². The number of carbonyl (C=O) groups is 1. The van der Waals surface area contributed by atoms with Gasteiger partial charge in [-0.2, -0.15) is 0 Å². The summed E-state index contributed by atoms with van der Waals surface area (Å²) in [5.74, 6) is 0.417. The van der Waals surface area contributed by atoms with Gasteiger partial charge in [-0.1, -0.05) is 18.2 Å². The van der Waals surface area contributed by atoms with E-state index < -0.39 is 11.7 Å². The van der Waals surface area contributed by atoms with Crippen LogP contribution in [0.25, 0.3) is 0 Å². The number of hydrogen-bond acceptors (Lipinski definition) is 4. The zero-order valence-electron chi connectivity index (χ0n) is 16.9. The lowest BCUT2D eigenvalue weighted by Crippen LogP contribution is -2.38. The maximum atomic E-state index is 14.0. The smallest absolute Gasteiger partial charge is 0.255 e. The highest BCUT2D eigenvalue weighted by Crippen LogP contribution is 2.21. The summed E-state index contributed by atoms with van der Waals surface area (Å²) in [5, 5.41) is 6.44. The molecule has 0 aliphatic heterocycles. The molecule has 0 spiro atoms. The molecule has 0 aliphatic carbocycles. The Labute approximate surface area is 170 Å². The molecule has 4 N–H and O–H groups in total. The maximum Gasteiger partial charge on any atom is 0.255 e. The quantitative estimate of drug-likeness (QED) is 0.442. The van der Waals surface area contributed by atoms with Crippen molar-refractivity contribution in [2.45, 2.75) is 26.4 Å². The molecule has 7 nitrogen and oxygen atoms in total. The number of halogens is 1. The summed E-state index contributed by atoms with van der Waals surface area (Å²) in [6, 6.07) is 12.0. The summed E-state index contributed by atoms with van der Waals surface area (Å²) >= 11 is 0. The van der Waals surface area contributed by atoms with E-state index >= 15 is 0 Å². The first-order valence-corrected chi connectivity index (χ1v) is 9.31. The molecule has 0 aliphatic rings. The second-order valence-electron chi connectivity index (χ2n) is 6.36. The van der Waals surface area contributed by atoms with Crippen LogP contribution in [-0.4, -0.2) is 32.1 Å². The Bertz CT molecular complexity index is 858. The number of primary amides is 1. The number of rotatable bonds is 9. The molecular weight excluding hydrogens is 375 g/mol. The van der Waals surface area contributed by atoms with Crippen LogP contribution in [0, 0.1) is 5.82 Å². The van der Waals surface area contributed by atoms with E-state index in [4.69, 9.17) is 15.2 Å². The molecule has 0 fully saturated rings. The first-order valence-electron chi connectivity index (χ1n) is 9.31. The van der Waals surface area contributed by atoms with E-state index in [-0.39, 0.29) is 18.4 Å². The van der Waals surface area contributed by atoms with Gasteiger partial charge in [0.2, 0.25) is 0 Å². The number of benzene rings is 2. The molecule has 2 aromatic rings. The first-order chi connectivity index (χ1) is 13.9. The van der Waals surface area contributed by atoms with E-state index in [0.29, 0.717) is 24.8 Å². The molecule has 156 valence electrons. The Kier molecular flexibility index (Phi) is 8.27. The van der Waals surface area contributed by atoms with E-state index in [0.717, 1.165) is 11.1 Å². The van der Waals surface area contributed by atoms with Gasteiger partial charge in [0.15, 0.2) is 24.1 Å². The van der Waals surface area contributed by atoms with Crippen LogP contribution in [0.2, 0.25) is 0 Å². The molecule has 1 unspecified atom stereocenters. The molecule has 8 heteroatoms. The number of guanidine groups is 1. The number of methoxy groups -OCH3 is 1. The third-order valence-corrected chi connectivity index (χ3v) is 4.07. The van der Waals surface area contributed by atoms with Crippen LogP contribution in [0.5, 0.6) is 11.5 Å². The van der Waals surface area contributed by atoms with Crippen LogP contribution >= 0.6 is 0 Å². The summed E-state index contributed by atoms with van der Waals surface area (Å²) in [5.41, 5.74) is 6.78. The van der Waals surface area contributed by atoms with E-state index in [1.807, 2.05) is 32.0 Å². The van der Waals surface area contributed by atoms with Crippen LogP contribution < -0.4 is 25.8 Å². The van der Waals surface area contributed by atoms with Gasteiger partial charge in [0.1, 0.15) is 5.75 Å². The Hall–Kier alpha value is -3.29. The van der Waals surface area contributed by atoms with E-state index in [9.17, 15) is 9.18 Å². The minimum atomic E-state index is -0.531. The Balaban J connectivity index is 2.06. The Morgan fingerprint density at radius 1 is 1.28 bits per heavy atom. The number of amides is 1. The van der Waals surface area contributed by atoms with Crippen molar-refractivity contribution >= 4 is 11.9 Å². The molecule has 0 bridgehead atoms. The molecule has 2 aromatic carbocycles. The summed E-state index contributed by atoms with van der Waals surface area (Å²) in [6.07, 6.45) is 0. The van der Waals surface area contributed by atoms with Crippen molar-refractivity contribution in [2.75, 3.05) is 20.3 Å². The summed E-state index contributed by atoms with van der Waals surface area (Å²) < 4.78 is 24.3. The number of nitrogens with one attached hydrogen (secondary N) is 2. The van der Waals surface area contributed by atoms with Gasteiger partial charge >= 0.3 is 0 Å². The van der Waals surface area contributed by atoms with Crippen LogP contribution in [0.1, 0.15) is 31.0 Å². The van der Waals surface area contributed by atoms with Crippen molar-refractivity contribution < 1.29 is 18.7 Å². The monoisotopic (exact) mass is 402 g/mol. The normalized spacial score (nSPS) is 12.2. The fourth-order valence-electron chi connectivity index (χ4n) is 2.62. The number of aliphatic imine (C=N–C) groups is 1. The van der Waals surface area contributed by atoms with Crippen LogP contribution in [0.4, 0.5) is 4.39 Å². The molecule has 0 radical (unpaired) electrons. The van der Waals surface area contributed by atoms with Gasteiger partial charge in [0.05, 0.1) is 19.7 Å². The summed E-state index contributed by atoms with van der Waals surface area (Å²) in [6.45, 7) is 4.79. The van der Waals surface area contributed by atoms with Crippen molar-refractivity contribution in [1.29, 1.82) is 0 Å². The fraction of sp³-hybridized carbons (Fsp3) is 0.333. The molecule has 0 heterocycles. The average molecular weight is 402 g/mol. The topological polar surface area (TPSA) is 98.0 Å². The Morgan fingerprint density at radius 2 is 2.07 bits per heavy atom. The van der Waals surface area contributed by atoms with Crippen LogP contribution in [0.15, 0.2) is 47.5 Å². The zero-order chi connectivity index (χ0) is 21.2. The summed E-state index contributed by atoms with van der Waals surface area (Å²) in [4.78, 5) is 15.4. The SMILES string of the molecule is CCNC(=NCc1cccc(OCC(N)=O)c1)NC(C)c1ccc(OC)c(F)c1. The highest BCUT2D eigenvalue weighted by Gasteiger charge is 2.11. The van der Waals surface area contributed by atoms with Gasteiger partial charge in [-0.3, -0.25) is 4.79 Å². The van der Waals surface area contributed by atoms with Crippen molar-refractivity contribution in [1.82, 2.24) is 10.6 Å². The number of nitrogens with two attached hydrogens (primary N) is 1. The lowest BCUT2D eigenvalue weighted by Gasteiger charge is -2.19. The predicted molar refractivity (Wildman–Crippen MR) is 110 cm³/mol. The fourth-order valence-corrected chi connectivity index (χ4v) is 2.62. The maximum absolute atomic E-state index is 14.0. The van der Waals surface area contributed by atoms with Gasteiger partial charge in [-0.15, -0.1) is 0 Å². The highest BCUT2D eigenvalue weighted by atomic mass is 19.1. The molecule has 1 atom stereocenters. The molecule has 0 aromatic heterocycles. The molecule has 29 heavy (non-hydrogen) atoms. The lowest BCUT2D eigenvalue weighted by molar-refractivity contribution is -0.119. The van der Waals surface area contributed by atoms with Crippen LogP contribution in [0.3, 0.4) is 0 Å². The van der Waals surface area contributed by atoms with Crippen molar-refractivity contribution in [3.8, 4) is 11.5 Å². The molecule has 0 saturated carbocycles. The predicted octanol–water partition coefficient (Wildman–Crippen LogP) is 2.51. The van der Waals surface area contributed by atoms with E-state index in [1.54, 1.807) is 18.2 Å². The third kappa shape index (κ3) is 6.99. The van der Waals surface area contributed by atoms with Gasteiger partial charge in [-0.25, -0.2) is 9.38 Å². The third-order valence-electron chi connectivity index (χ3n) is 4.07. The standard InChI is InChI=1S/C21H27FN4O3/c1-4-24-21(26-14(2)16-8-9-19(28-3)18(22)11-16)25-12-15-6-5-7-17(10-15)29-13-20(23)27/h5-11,14H,4,12-13H2,1-3H3,(H2,23,27)(H2,24,25,26). The van der Waals surface area contributed by atoms with Crippen molar-refractivity contribution in [3.63, 3.8) is 0 Å². The Morgan fingerprint density at radius 3 is 2.72 bits per heavy atom. The lowest BCUT2D eigenvalue weighted by atomic mass is 10.1. The second-order valence-corrected chi connectivity index (χ2v) is 6.36. The molecule has 1 amide bonds. The molecule has 2 rings (SSSR count). The van der Waals surface area contributed by atoms with Gasteiger partial charge in [0, 0.05) is 6.54 Å². The van der Waals surface area contributed by atoms with Crippen molar-refractivity contribution in [3.05, 3.63) is 59.4 Å². The molecule has 0 saturated heterocycles. The highest BCUT2D eigenvalue weighted by molar-refractivity contribution is 5.80. The van der Waals surface area contributed by atoms with Gasteiger partial charge < -0.3 is 25.8 Å². The van der Waals surface area contributed by atoms with E-state index in [2.05, 4.69) is 15.6 Å². The number of hydrogen-bond donors (Lipinski definition) is 3. The van der Waals surface area contributed by atoms with Gasteiger partial charge in [-0.05, 0) is 49.2 Å². The average Bonchev–Trinajstić information content (AvgIpc) is 2.71. The van der Waals surface area contributed by atoms with Gasteiger partial charge in [0.25, 0.3) is 5.91 Å². The first kappa shape index (κ1) is 22.0. The molecular formula is C21H27FN4O3. The second kappa shape index (κ2) is 10.9.